The van der Waals surface area contributed by atoms with E-state index in [-0.39, 0.29) is 0 Å². The molecule has 0 amide bonds. The van der Waals surface area contributed by atoms with E-state index in [0.717, 1.165) is 31.6 Å². The minimum atomic E-state index is 0.314. The van der Waals surface area contributed by atoms with Gasteiger partial charge in [0.15, 0.2) is 0 Å². The predicted octanol–water partition coefficient (Wildman–Crippen LogP) is 2.63. The van der Waals surface area contributed by atoms with Gasteiger partial charge in [-0.1, -0.05) is 19.9 Å². The monoisotopic (exact) mass is 223 g/mol. The molecule has 0 saturated heterocycles. The summed E-state index contributed by atoms with van der Waals surface area (Å²) in [5.74, 6) is 1.01. The van der Waals surface area contributed by atoms with E-state index in [1.54, 1.807) is 13.2 Å². The zero-order valence-electron chi connectivity index (χ0n) is 10.4. The number of phenols is 1. The lowest BCUT2D eigenvalue weighted by Crippen LogP contribution is -2.23. The molecule has 3 heteroatoms. The number of nitrogens with zero attached hydrogens (tertiary/aromatic N) is 1. The molecule has 0 aromatic heterocycles. The molecule has 0 heterocycles. The van der Waals surface area contributed by atoms with E-state index in [2.05, 4.69) is 18.7 Å². The van der Waals surface area contributed by atoms with Gasteiger partial charge < -0.3 is 9.84 Å². The van der Waals surface area contributed by atoms with Gasteiger partial charge in [-0.05, 0) is 25.6 Å². The molecule has 0 spiro atoms. The summed E-state index contributed by atoms with van der Waals surface area (Å²) in [4.78, 5) is 2.31. The molecule has 3 nitrogen and oxygen atoms in total. The van der Waals surface area contributed by atoms with Crippen molar-refractivity contribution in [2.75, 3.05) is 20.2 Å². The van der Waals surface area contributed by atoms with Crippen LogP contribution in [0.25, 0.3) is 0 Å². The molecule has 1 rings (SSSR count). The van der Waals surface area contributed by atoms with E-state index >= 15 is 0 Å². The van der Waals surface area contributed by atoms with Crippen molar-refractivity contribution in [2.45, 2.75) is 26.8 Å². The summed E-state index contributed by atoms with van der Waals surface area (Å²) in [6.07, 6.45) is 1.13. The Kier molecular flexibility index (Phi) is 5.12. The smallest absolute Gasteiger partial charge is 0.123 e. The van der Waals surface area contributed by atoms with E-state index < -0.39 is 0 Å². The van der Waals surface area contributed by atoms with Crippen LogP contribution >= 0.6 is 0 Å². The lowest BCUT2D eigenvalue weighted by molar-refractivity contribution is 0.276. The Balaban J connectivity index is 2.72. The molecule has 0 fully saturated rings. The van der Waals surface area contributed by atoms with Crippen molar-refractivity contribution in [1.29, 1.82) is 0 Å². The minimum Gasteiger partial charge on any atom is -0.507 e. The van der Waals surface area contributed by atoms with Crippen LogP contribution in [-0.4, -0.2) is 30.2 Å². The second-order valence-corrected chi connectivity index (χ2v) is 3.86. The third kappa shape index (κ3) is 3.42. The maximum atomic E-state index is 9.83. The number of benzene rings is 1. The molecular weight excluding hydrogens is 202 g/mol. The second kappa shape index (κ2) is 6.38. The van der Waals surface area contributed by atoms with Gasteiger partial charge in [-0.25, -0.2) is 0 Å². The topological polar surface area (TPSA) is 32.7 Å². The average molecular weight is 223 g/mol. The van der Waals surface area contributed by atoms with Crippen molar-refractivity contribution in [3.05, 3.63) is 23.8 Å². The number of methoxy groups -OCH3 is 1. The van der Waals surface area contributed by atoms with E-state index in [4.69, 9.17) is 4.74 Å². The molecule has 0 aliphatic rings. The highest BCUT2D eigenvalue weighted by atomic mass is 16.5. The van der Waals surface area contributed by atoms with Crippen LogP contribution in [0.5, 0.6) is 11.5 Å². The quantitative estimate of drug-likeness (QED) is 0.804. The summed E-state index contributed by atoms with van der Waals surface area (Å²) in [6.45, 7) is 7.15. The number of aromatic hydroxyl groups is 1. The van der Waals surface area contributed by atoms with Crippen molar-refractivity contribution in [3.63, 3.8) is 0 Å². The van der Waals surface area contributed by atoms with Crippen LogP contribution in [-0.2, 0) is 6.54 Å². The number of hydrogen-bond acceptors (Lipinski definition) is 3. The average Bonchev–Trinajstić information content (AvgIpc) is 2.30. The Morgan fingerprint density at radius 3 is 2.56 bits per heavy atom. The zero-order valence-corrected chi connectivity index (χ0v) is 10.4. The summed E-state index contributed by atoms with van der Waals surface area (Å²) in [5.41, 5.74) is 0.955. The number of phenolic OH excluding ortho intramolecular Hbond substituents is 1. The van der Waals surface area contributed by atoms with Crippen LogP contribution in [0.2, 0.25) is 0 Å². The molecule has 1 aromatic rings. The van der Waals surface area contributed by atoms with Crippen LogP contribution in [0.1, 0.15) is 25.8 Å². The predicted molar refractivity (Wildman–Crippen MR) is 65.9 cm³/mol. The van der Waals surface area contributed by atoms with Crippen LogP contribution in [0.4, 0.5) is 0 Å². The highest BCUT2D eigenvalue weighted by Gasteiger charge is 2.07. The normalized spacial score (nSPS) is 10.8. The van der Waals surface area contributed by atoms with Gasteiger partial charge in [0, 0.05) is 18.2 Å². The van der Waals surface area contributed by atoms with Gasteiger partial charge in [-0.15, -0.1) is 0 Å². The highest BCUT2D eigenvalue weighted by molar-refractivity contribution is 5.39. The SMILES string of the molecule is CCCN(CC)Cc1ccc(OC)cc1O. The first kappa shape index (κ1) is 12.8. The first-order valence-electron chi connectivity index (χ1n) is 5.79. The first-order valence-corrected chi connectivity index (χ1v) is 5.79. The van der Waals surface area contributed by atoms with Crippen LogP contribution in [0, 0.1) is 0 Å². The first-order chi connectivity index (χ1) is 7.71. The molecule has 0 saturated carbocycles. The van der Waals surface area contributed by atoms with Crippen molar-refractivity contribution in [3.8, 4) is 11.5 Å². The zero-order chi connectivity index (χ0) is 12.0. The van der Waals surface area contributed by atoms with Crippen LogP contribution in [0.3, 0.4) is 0 Å². The van der Waals surface area contributed by atoms with Crippen molar-refractivity contribution in [1.82, 2.24) is 4.90 Å². The van der Waals surface area contributed by atoms with E-state index in [0.29, 0.717) is 11.5 Å². The standard InChI is InChI=1S/C13H21NO2/c1-4-8-14(5-2)10-11-6-7-12(16-3)9-13(11)15/h6-7,9,15H,4-5,8,10H2,1-3H3. The summed E-state index contributed by atoms with van der Waals surface area (Å²) in [6, 6.07) is 5.47. The summed E-state index contributed by atoms with van der Waals surface area (Å²) < 4.78 is 5.06. The van der Waals surface area contributed by atoms with E-state index in [9.17, 15) is 5.11 Å². The summed E-state index contributed by atoms with van der Waals surface area (Å²) in [5, 5.41) is 9.83. The fourth-order valence-corrected chi connectivity index (χ4v) is 1.71. The van der Waals surface area contributed by atoms with Gasteiger partial charge in [0.1, 0.15) is 11.5 Å². The number of hydrogen-bond donors (Lipinski definition) is 1. The third-order valence-corrected chi connectivity index (χ3v) is 2.67. The third-order valence-electron chi connectivity index (χ3n) is 2.67. The van der Waals surface area contributed by atoms with Gasteiger partial charge >= 0.3 is 0 Å². The van der Waals surface area contributed by atoms with E-state index in [1.165, 1.54) is 0 Å². The molecule has 0 aliphatic heterocycles. The minimum absolute atomic E-state index is 0.314. The Hall–Kier alpha value is -1.22. The van der Waals surface area contributed by atoms with Crippen molar-refractivity contribution < 1.29 is 9.84 Å². The molecule has 1 N–H and O–H groups in total. The Bertz CT molecular complexity index is 326. The lowest BCUT2D eigenvalue weighted by atomic mass is 10.1. The maximum absolute atomic E-state index is 9.83. The molecule has 90 valence electrons. The second-order valence-electron chi connectivity index (χ2n) is 3.86. The van der Waals surface area contributed by atoms with Crippen LogP contribution < -0.4 is 4.74 Å². The lowest BCUT2D eigenvalue weighted by Gasteiger charge is -2.20. The maximum Gasteiger partial charge on any atom is 0.123 e. The molecule has 1 aromatic carbocycles. The molecule has 0 aliphatic carbocycles. The van der Waals surface area contributed by atoms with Gasteiger partial charge in [0.25, 0.3) is 0 Å². The Morgan fingerprint density at radius 2 is 2.06 bits per heavy atom. The molecule has 16 heavy (non-hydrogen) atoms. The fourth-order valence-electron chi connectivity index (χ4n) is 1.71. The molecule has 0 unspecified atom stereocenters. The van der Waals surface area contributed by atoms with Crippen LogP contribution in [0.15, 0.2) is 18.2 Å². The molecule has 0 radical (unpaired) electrons. The van der Waals surface area contributed by atoms with Gasteiger partial charge in [0.05, 0.1) is 7.11 Å². The Labute approximate surface area is 97.7 Å². The molecular formula is C13H21NO2. The van der Waals surface area contributed by atoms with E-state index in [1.807, 2.05) is 12.1 Å². The molecule has 0 bridgehead atoms. The highest BCUT2D eigenvalue weighted by Crippen LogP contribution is 2.24. The number of rotatable bonds is 6. The Morgan fingerprint density at radius 1 is 1.31 bits per heavy atom. The molecule has 0 atom stereocenters. The summed E-state index contributed by atoms with van der Waals surface area (Å²) in [7, 11) is 1.60. The largest absolute Gasteiger partial charge is 0.507 e. The van der Waals surface area contributed by atoms with Crippen molar-refractivity contribution >= 4 is 0 Å². The fraction of sp³-hybridized carbons (Fsp3) is 0.538. The number of ether oxygens (including phenoxy) is 1. The van der Waals surface area contributed by atoms with Gasteiger partial charge in [-0.3, -0.25) is 4.90 Å². The van der Waals surface area contributed by atoms with Crippen molar-refractivity contribution in [2.24, 2.45) is 0 Å². The van der Waals surface area contributed by atoms with Gasteiger partial charge in [0.2, 0.25) is 0 Å². The van der Waals surface area contributed by atoms with Gasteiger partial charge in [-0.2, -0.15) is 0 Å². The summed E-state index contributed by atoms with van der Waals surface area (Å²) >= 11 is 0.